The van der Waals surface area contributed by atoms with Gasteiger partial charge in [0.1, 0.15) is 0 Å². The molecule has 0 spiro atoms. The van der Waals surface area contributed by atoms with Gasteiger partial charge in [-0.2, -0.15) is 0 Å². The minimum Gasteiger partial charge on any atom is -0.399 e. The van der Waals surface area contributed by atoms with E-state index in [0.717, 1.165) is 12.1 Å². The zero-order valence-corrected chi connectivity index (χ0v) is 22.9. The Morgan fingerprint density at radius 3 is 1.73 bits per heavy atom. The van der Waals surface area contributed by atoms with Crippen molar-refractivity contribution < 1.29 is 0 Å². The first kappa shape index (κ1) is 24.9. The maximum atomic E-state index is 6.42. The van der Waals surface area contributed by atoms with Gasteiger partial charge < -0.3 is 5.73 Å². The van der Waals surface area contributed by atoms with Crippen molar-refractivity contribution in [2.24, 2.45) is 5.73 Å². The van der Waals surface area contributed by atoms with Gasteiger partial charge in [0.05, 0.1) is 0 Å². The normalized spacial score (nSPS) is 16.4. The average Bonchev–Trinajstić information content (AvgIpc) is 3.06. The Morgan fingerprint density at radius 2 is 1.07 bits per heavy atom. The minimum absolute atomic E-state index is 0.453. The first-order valence-electron chi connectivity index (χ1n) is 14.2. The molecule has 2 N–H and O–H groups in total. The fourth-order valence-corrected chi connectivity index (χ4v) is 6.47. The number of rotatable bonds is 5. The van der Waals surface area contributed by atoms with E-state index < -0.39 is 5.41 Å². The molecule has 0 bridgehead atoms. The molecule has 6 aromatic carbocycles. The van der Waals surface area contributed by atoms with Gasteiger partial charge in [-0.05, 0) is 67.8 Å². The topological polar surface area (TPSA) is 26.0 Å². The third-order valence-electron chi connectivity index (χ3n) is 8.37. The maximum Gasteiger partial charge on any atom is 0.0439 e. The van der Waals surface area contributed by atoms with Crippen LogP contribution >= 0.6 is 0 Å². The van der Waals surface area contributed by atoms with E-state index in [1.807, 2.05) is 0 Å². The molecular formula is C40H31N. The molecule has 1 unspecified atom stereocenters. The van der Waals surface area contributed by atoms with Crippen LogP contribution in [-0.2, 0) is 5.41 Å². The van der Waals surface area contributed by atoms with Crippen molar-refractivity contribution in [3.63, 3.8) is 0 Å². The summed E-state index contributed by atoms with van der Waals surface area (Å²) in [4.78, 5) is 0. The lowest BCUT2D eigenvalue weighted by molar-refractivity contribution is 0.652. The second-order valence-corrected chi connectivity index (χ2v) is 10.7. The van der Waals surface area contributed by atoms with Gasteiger partial charge in [0.15, 0.2) is 0 Å². The highest BCUT2D eigenvalue weighted by atomic mass is 14.6. The van der Waals surface area contributed by atoms with Crippen LogP contribution in [0.3, 0.4) is 0 Å². The fraction of sp³-hybridized carbons (Fsp3) is 0.0500. The highest BCUT2D eigenvalue weighted by molar-refractivity contribution is 5.95. The van der Waals surface area contributed by atoms with Crippen LogP contribution in [0.25, 0.3) is 44.2 Å². The molecular weight excluding hydrogens is 494 g/mol. The lowest BCUT2D eigenvalue weighted by Crippen LogP contribution is -2.29. The van der Waals surface area contributed by atoms with Crippen molar-refractivity contribution in [1.82, 2.24) is 0 Å². The summed E-state index contributed by atoms with van der Waals surface area (Å²) in [5.74, 6) is 0. The molecule has 0 fully saturated rings. The van der Waals surface area contributed by atoms with Crippen molar-refractivity contribution in [3.05, 3.63) is 181 Å². The van der Waals surface area contributed by atoms with Crippen LogP contribution in [0.4, 0.5) is 0 Å². The van der Waals surface area contributed by atoms with Crippen molar-refractivity contribution in [2.75, 3.05) is 0 Å². The van der Waals surface area contributed by atoms with Gasteiger partial charge in [-0.15, -0.1) is 0 Å². The summed E-state index contributed by atoms with van der Waals surface area (Å²) in [5.41, 5.74) is 16.7. The minimum atomic E-state index is -0.453. The third kappa shape index (κ3) is 4.37. The van der Waals surface area contributed by atoms with Gasteiger partial charge in [-0.1, -0.05) is 158 Å². The van der Waals surface area contributed by atoms with Gasteiger partial charge in [0.25, 0.3) is 0 Å². The van der Waals surface area contributed by atoms with Crippen molar-refractivity contribution in [3.8, 4) is 33.4 Å². The first-order valence-corrected chi connectivity index (χ1v) is 14.2. The Bertz CT molecular complexity index is 1890. The molecule has 41 heavy (non-hydrogen) atoms. The fourth-order valence-electron chi connectivity index (χ4n) is 6.47. The standard InChI is InChI=1S/C40H31N/c41-33-25-27-40(28-26-33,37-22-12-20-29-17-10-11-21-34(29)37)39-36(31-15-6-2-7-16-31)24-23-35(30-13-4-1-5-14-30)38(39)32-18-8-3-9-19-32/h1-27H,28,41H2. The lowest BCUT2D eigenvalue weighted by atomic mass is 9.64. The van der Waals surface area contributed by atoms with Crippen molar-refractivity contribution in [1.29, 1.82) is 0 Å². The zero-order chi connectivity index (χ0) is 27.6. The molecule has 1 atom stereocenters. The number of hydrogen-bond donors (Lipinski definition) is 1. The summed E-state index contributed by atoms with van der Waals surface area (Å²) in [6, 6.07) is 52.5. The summed E-state index contributed by atoms with van der Waals surface area (Å²) in [6.07, 6.45) is 7.42. The summed E-state index contributed by atoms with van der Waals surface area (Å²) >= 11 is 0. The summed E-state index contributed by atoms with van der Waals surface area (Å²) in [6.45, 7) is 0. The number of hydrogen-bond acceptors (Lipinski definition) is 1. The Balaban J connectivity index is 1.68. The van der Waals surface area contributed by atoms with Crippen LogP contribution in [-0.4, -0.2) is 0 Å². The van der Waals surface area contributed by atoms with E-state index in [1.165, 1.54) is 55.3 Å². The molecule has 0 saturated heterocycles. The summed E-state index contributed by atoms with van der Waals surface area (Å²) < 4.78 is 0. The van der Waals surface area contributed by atoms with Gasteiger partial charge in [0, 0.05) is 11.1 Å². The van der Waals surface area contributed by atoms with Gasteiger partial charge in [0.2, 0.25) is 0 Å². The number of benzene rings is 6. The van der Waals surface area contributed by atoms with Crippen LogP contribution in [0.15, 0.2) is 170 Å². The lowest BCUT2D eigenvalue weighted by Gasteiger charge is -2.38. The van der Waals surface area contributed by atoms with Gasteiger partial charge in [-0.3, -0.25) is 0 Å². The number of allylic oxidation sites excluding steroid dienone is 3. The predicted octanol–water partition coefficient (Wildman–Crippen LogP) is 9.93. The predicted molar refractivity (Wildman–Crippen MR) is 174 cm³/mol. The first-order chi connectivity index (χ1) is 20.2. The molecule has 0 amide bonds. The Hall–Kier alpha value is -5.14. The highest BCUT2D eigenvalue weighted by Gasteiger charge is 2.39. The van der Waals surface area contributed by atoms with E-state index in [2.05, 4.69) is 164 Å². The zero-order valence-electron chi connectivity index (χ0n) is 22.9. The monoisotopic (exact) mass is 525 g/mol. The van der Waals surface area contributed by atoms with Crippen LogP contribution in [0, 0.1) is 0 Å². The van der Waals surface area contributed by atoms with Crippen LogP contribution in [0.1, 0.15) is 17.5 Å². The Labute approximate surface area is 241 Å². The second kappa shape index (κ2) is 10.4. The van der Waals surface area contributed by atoms with E-state index >= 15 is 0 Å². The van der Waals surface area contributed by atoms with Gasteiger partial charge >= 0.3 is 0 Å². The quantitative estimate of drug-likeness (QED) is 0.238. The van der Waals surface area contributed by atoms with E-state index in [9.17, 15) is 0 Å². The molecule has 0 saturated carbocycles. The van der Waals surface area contributed by atoms with E-state index in [-0.39, 0.29) is 0 Å². The highest BCUT2D eigenvalue weighted by Crippen LogP contribution is 2.52. The molecule has 1 heteroatoms. The van der Waals surface area contributed by atoms with Crippen molar-refractivity contribution >= 4 is 10.8 Å². The molecule has 1 nitrogen and oxygen atoms in total. The molecule has 0 radical (unpaired) electrons. The van der Waals surface area contributed by atoms with Crippen LogP contribution < -0.4 is 5.73 Å². The molecule has 1 aliphatic carbocycles. The number of fused-ring (bicyclic) bond motifs is 1. The average molecular weight is 526 g/mol. The molecule has 0 heterocycles. The van der Waals surface area contributed by atoms with Gasteiger partial charge in [-0.25, -0.2) is 0 Å². The SMILES string of the molecule is NC1=CCC(c2c(-c3ccccc3)ccc(-c3ccccc3)c2-c2ccccc2)(c2cccc3ccccc23)C=C1. The van der Waals surface area contributed by atoms with Crippen LogP contribution in [0.5, 0.6) is 0 Å². The summed E-state index contributed by atoms with van der Waals surface area (Å²) in [7, 11) is 0. The molecule has 1 aliphatic rings. The number of nitrogens with two attached hydrogens (primary N) is 1. The van der Waals surface area contributed by atoms with E-state index in [4.69, 9.17) is 5.73 Å². The Kier molecular flexibility index (Phi) is 6.34. The third-order valence-corrected chi connectivity index (χ3v) is 8.37. The van der Waals surface area contributed by atoms with E-state index in [0.29, 0.717) is 0 Å². The molecule has 0 aliphatic heterocycles. The van der Waals surface area contributed by atoms with Crippen molar-refractivity contribution in [2.45, 2.75) is 11.8 Å². The Morgan fingerprint density at radius 1 is 0.512 bits per heavy atom. The maximum absolute atomic E-state index is 6.42. The van der Waals surface area contributed by atoms with Crippen LogP contribution in [0.2, 0.25) is 0 Å². The molecule has 196 valence electrons. The molecule has 7 rings (SSSR count). The second-order valence-electron chi connectivity index (χ2n) is 10.7. The molecule has 6 aromatic rings. The largest absolute Gasteiger partial charge is 0.399 e. The molecule has 0 aromatic heterocycles. The summed E-state index contributed by atoms with van der Waals surface area (Å²) in [5, 5.41) is 2.50. The smallest absolute Gasteiger partial charge is 0.0439 e. The van der Waals surface area contributed by atoms with E-state index in [1.54, 1.807) is 0 Å².